The Morgan fingerprint density at radius 1 is 1.24 bits per heavy atom. The summed E-state index contributed by atoms with van der Waals surface area (Å²) in [6.07, 6.45) is 0.921. The second-order valence-corrected chi connectivity index (χ2v) is 22.8. The molecule has 37 heavy (non-hydrogen) atoms. The molecule has 2 aliphatic heterocycles. The molecule has 2 aromatic heterocycles. The van der Waals surface area contributed by atoms with Gasteiger partial charge in [0.2, 0.25) is 0 Å². The summed E-state index contributed by atoms with van der Waals surface area (Å²) in [7, 11) is 0. The number of benzene rings is 1. The molecule has 0 spiro atoms. The van der Waals surface area contributed by atoms with Crippen LogP contribution in [-0.4, -0.2) is 46.4 Å². The van der Waals surface area contributed by atoms with E-state index in [9.17, 15) is 19.5 Å². The number of aromatic nitrogens is 2. The molecule has 0 saturated heterocycles. The Bertz CT molecular complexity index is 1520. The average molecular weight is 566 g/mol. The standard InChI is InChI=1S/C27H31GeN3O6/c1-5-27(35)20-11-22-24-18(12-31(22)25(33)19(20)13-37-26(27)34)16(8-9-28(2,3)4)17-10-15(36-14-23(29)32)6-7-21(17)30-24/h6-7,10-11,35H,5,8-9,12-14H2,1-4H3,(H2,29,32)/t27-/m0/s1. The number of carbonyl (C=O) groups is 2. The quantitative estimate of drug-likeness (QED) is 0.260. The Kier molecular flexibility index (Phi) is 6.19. The first-order valence-electron chi connectivity index (χ1n) is 12.5. The molecule has 10 heteroatoms. The van der Waals surface area contributed by atoms with Gasteiger partial charge in [-0.2, -0.15) is 0 Å². The molecule has 0 bridgehead atoms. The molecule has 0 radical (unpaired) electrons. The molecule has 0 unspecified atom stereocenters. The zero-order valence-corrected chi connectivity index (χ0v) is 23.6. The normalized spacial score (nSPS) is 18.2. The molecule has 1 atom stereocenters. The van der Waals surface area contributed by atoms with Crippen LogP contribution in [0.1, 0.15) is 35.6 Å². The molecule has 3 aromatic rings. The van der Waals surface area contributed by atoms with E-state index in [1.807, 2.05) is 12.1 Å². The summed E-state index contributed by atoms with van der Waals surface area (Å²) >= 11 is -1.94. The Balaban J connectivity index is 1.72. The summed E-state index contributed by atoms with van der Waals surface area (Å²) in [6, 6.07) is 7.21. The van der Waals surface area contributed by atoms with Crippen molar-refractivity contribution in [2.75, 3.05) is 6.61 Å². The number of fused-ring (bicyclic) bond motifs is 5. The van der Waals surface area contributed by atoms with Gasteiger partial charge >= 0.3 is 217 Å². The Hall–Kier alpha value is -3.18. The van der Waals surface area contributed by atoms with Crippen LogP contribution in [0.15, 0.2) is 29.1 Å². The number of carbonyl (C=O) groups excluding carboxylic acids is 2. The molecule has 0 saturated carbocycles. The fraction of sp³-hybridized carbons (Fsp3) is 0.407. The summed E-state index contributed by atoms with van der Waals surface area (Å²) < 4.78 is 12.4. The first-order valence-corrected chi connectivity index (χ1v) is 20.2. The summed E-state index contributed by atoms with van der Waals surface area (Å²) in [5, 5.41) is 13.1. The van der Waals surface area contributed by atoms with Crippen LogP contribution in [0.3, 0.4) is 0 Å². The third-order valence-electron chi connectivity index (χ3n) is 7.28. The number of aryl methyl sites for hydroxylation is 1. The van der Waals surface area contributed by atoms with Gasteiger partial charge in [-0.05, 0) is 0 Å². The van der Waals surface area contributed by atoms with Gasteiger partial charge in [0.25, 0.3) is 0 Å². The number of esters is 1. The van der Waals surface area contributed by atoms with Crippen molar-refractivity contribution in [3.8, 4) is 17.1 Å². The van der Waals surface area contributed by atoms with Gasteiger partial charge < -0.3 is 0 Å². The molecule has 5 rings (SSSR count). The predicted molar refractivity (Wildman–Crippen MR) is 141 cm³/mol. The first-order chi connectivity index (χ1) is 17.4. The molecule has 0 aliphatic carbocycles. The van der Waals surface area contributed by atoms with Crippen LogP contribution in [0.4, 0.5) is 0 Å². The Labute approximate surface area is 217 Å². The summed E-state index contributed by atoms with van der Waals surface area (Å²) in [5.74, 6) is 6.32. The molecular formula is C27H31GeN3O6. The second-order valence-electron chi connectivity index (χ2n) is 11.0. The van der Waals surface area contributed by atoms with Gasteiger partial charge in [-0.1, -0.05) is 0 Å². The summed E-state index contributed by atoms with van der Waals surface area (Å²) in [6.45, 7) is 1.65. The second kappa shape index (κ2) is 8.99. The van der Waals surface area contributed by atoms with E-state index >= 15 is 0 Å². The van der Waals surface area contributed by atoms with E-state index in [0.29, 0.717) is 34.8 Å². The number of nitrogens with two attached hydrogens (primary N) is 1. The van der Waals surface area contributed by atoms with E-state index in [1.165, 1.54) is 0 Å². The number of rotatable bonds is 7. The van der Waals surface area contributed by atoms with E-state index in [1.54, 1.807) is 23.6 Å². The maximum atomic E-state index is 13.6. The fourth-order valence-electron chi connectivity index (χ4n) is 5.17. The van der Waals surface area contributed by atoms with E-state index in [-0.39, 0.29) is 25.2 Å². The number of hydrogen-bond donors (Lipinski definition) is 2. The first kappa shape index (κ1) is 25.5. The molecule has 9 nitrogen and oxygen atoms in total. The Morgan fingerprint density at radius 2 is 2.00 bits per heavy atom. The zero-order valence-electron chi connectivity index (χ0n) is 21.5. The van der Waals surface area contributed by atoms with Crippen LogP contribution in [0.5, 0.6) is 5.75 Å². The number of amides is 1. The van der Waals surface area contributed by atoms with Gasteiger partial charge in [0.05, 0.1) is 0 Å². The van der Waals surface area contributed by atoms with Crippen molar-refractivity contribution in [1.82, 2.24) is 9.55 Å². The fourth-order valence-corrected chi connectivity index (χ4v) is 7.27. The van der Waals surface area contributed by atoms with Crippen molar-refractivity contribution in [2.24, 2.45) is 5.73 Å². The van der Waals surface area contributed by atoms with Crippen molar-refractivity contribution in [1.29, 1.82) is 0 Å². The minimum absolute atomic E-state index is 0.0941. The van der Waals surface area contributed by atoms with Crippen LogP contribution < -0.4 is 16.0 Å². The molecular weight excluding hydrogens is 535 g/mol. The number of hydrogen-bond acceptors (Lipinski definition) is 7. The number of ether oxygens (including phenoxy) is 2. The number of nitrogens with zero attached hydrogens (tertiary/aromatic N) is 2. The van der Waals surface area contributed by atoms with Gasteiger partial charge in [0, 0.05) is 0 Å². The molecule has 3 N–H and O–H groups in total. The molecule has 194 valence electrons. The number of cyclic esters (lactones) is 1. The molecule has 2 aliphatic rings. The van der Waals surface area contributed by atoms with Crippen LogP contribution >= 0.6 is 0 Å². The molecule has 1 amide bonds. The van der Waals surface area contributed by atoms with E-state index in [4.69, 9.17) is 20.2 Å². The topological polar surface area (TPSA) is 134 Å². The van der Waals surface area contributed by atoms with E-state index in [2.05, 4.69) is 17.3 Å². The van der Waals surface area contributed by atoms with Crippen LogP contribution in [-0.2, 0) is 39.5 Å². The van der Waals surface area contributed by atoms with E-state index < -0.39 is 30.7 Å². The molecule has 0 fully saturated rings. The van der Waals surface area contributed by atoms with Crippen molar-refractivity contribution in [2.45, 2.75) is 61.0 Å². The van der Waals surface area contributed by atoms with Crippen molar-refractivity contribution in [3.05, 3.63) is 56.9 Å². The third kappa shape index (κ3) is 4.33. The van der Waals surface area contributed by atoms with Crippen LogP contribution in [0, 0.1) is 0 Å². The monoisotopic (exact) mass is 567 g/mol. The van der Waals surface area contributed by atoms with Gasteiger partial charge in [0.1, 0.15) is 0 Å². The number of pyridine rings is 2. The van der Waals surface area contributed by atoms with Gasteiger partial charge in [-0.25, -0.2) is 0 Å². The molecule has 4 heterocycles. The van der Waals surface area contributed by atoms with E-state index in [0.717, 1.165) is 33.7 Å². The molecule has 1 aromatic carbocycles. The summed E-state index contributed by atoms with van der Waals surface area (Å²) in [5.41, 5.74) is 7.80. The maximum absolute atomic E-state index is 13.6. The van der Waals surface area contributed by atoms with Crippen molar-refractivity contribution >= 4 is 36.0 Å². The number of aliphatic hydroxyl groups is 1. The van der Waals surface area contributed by atoms with Crippen molar-refractivity contribution in [3.63, 3.8) is 0 Å². The van der Waals surface area contributed by atoms with Crippen LogP contribution in [0.25, 0.3) is 22.3 Å². The van der Waals surface area contributed by atoms with Gasteiger partial charge in [-0.15, -0.1) is 0 Å². The minimum atomic E-state index is -1.94. The zero-order chi connectivity index (χ0) is 26.7. The average Bonchev–Trinajstić information content (AvgIpc) is 3.21. The van der Waals surface area contributed by atoms with Gasteiger partial charge in [-0.3, -0.25) is 0 Å². The third-order valence-corrected chi connectivity index (χ3v) is 11.0. The Morgan fingerprint density at radius 3 is 2.68 bits per heavy atom. The van der Waals surface area contributed by atoms with Crippen molar-refractivity contribution < 1.29 is 24.2 Å². The van der Waals surface area contributed by atoms with Gasteiger partial charge in [0.15, 0.2) is 0 Å². The number of primary amides is 1. The van der Waals surface area contributed by atoms with Crippen LogP contribution in [0.2, 0.25) is 22.5 Å². The SMILES string of the molecule is CC[C@@]1(O)C(=O)OCc2c1cc1n(c2=O)Cc2c-1nc1ccc(OCC(N)=O)cc1c2C[CH2][Ge]([CH3])([CH3])[CH3]. The predicted octanol–water partition coefficient (Wildman–Crippen LogP) is 2.82. The summed E-state index contributed by atoms with van der Waals surface area (Å²) in [4.78, 5) is 42.2.